The van der Waals surface area contributed by atoms with Gasteiger partial charge in [0, 0.05) is 19.0 Å². The second kappa shape index (κ2) is 8.94. The second-order valence-electron chi connectivity index (χ2n) is 5.08. The number of halogens is 1. The summed E-state index contributed by atoms with van der Waals surface area (Å²) in [5.41, 5.74) is 8.13. The Morgan fingerprint density at radius 2 is 1.95 bits per heavy atom. The second-order valence-corrected chi connectivity index (χ2v) is 5.08. The molecule has 0 aliphatic heterocycles. The van der Waals surface area contributed by atoms with E-state index in [2.05, 4.69) is 31.3 Å². The molecule has 2 unspecified atom stereocenters. The Morgan fingerprint density at radius 3 is 2.53 bits per heavy atom. The first-order valence-corrected chi connectivity index (χ1v) is 6.58. The third-order valence-electron chi connectivity index (χ3n) is 3.13. The number of hydrogen-bond donors (Lipinski definition) is 2. The van der Waals surface area contributed by atoms with Crippen molar-refractivity contribution in [2.45, 2.75) is 45.6 Å². The topological polar surface area (TPSA) is 55.1 Å². The molecule has 4 heteroatoms. The van der Waals surface area contributed by atoms with Crippen LogP contribution in [-0.2, 0) is 4.79 Å². The van der Waals surface area contributed by atoms with Gasteiger partial charge in [-0.1, -0.05) is 31.2 Å². The number of hydrogen-bond acceptors (Lipinski definition) is 2. The molecule has 0 spiro atoms. The van der Waals surface area contributed by atoms with Gasteiger partial charge in [0.25, 0.3) is 0 Å². The van der Waals surface area contributed by atoms with Crippen LogP contribution in [0.1, 0.15) is 43.7 Å². The lowest BCUT2D eigenvalue weighted by atomic mass is 9.93. The van der Waals surface area contributed by atoms with Gasteiger partial charge in [-0.05, 0) is 37.3 Å². The normalized spacial score (nSPS) is 13.3. The zero-order valence-corrected chi connectivity index (χ0v) is 12.8. The van der Waals surface area contributed by atoms with Crippen LogP contribution in [0.15, 0.2) is 24.3 Å². The fraction of sp³-hybridized carbons (Fsp3) is 0.533. The Balaban J connectivity index is 0.00000324. The molecule has 0 radical (unpaired) electrons. The summed E-state index contributed by atoms with van der Waals surface area (Å²) in [5, 5.41) is 2.92. The highest BCUT2D eigenvalue weighted by Crippen LogP contribution is 2.21. The zero-order chi connectivity index (χ0) is 13.5. The van der Waals surface area contributed by atoms with E-state index in [1.54, 1.807) is 0 Å². The Labute approximate surface area is 122 Å². The Kier molecular flexibility index (Phi) is 8.44. The molecule has 0 aliphatic carbocycles. The minimum absolute atomic E-state index is 0. The lowest BCUT2D eigenvalue weighted by Gasteiger charge is -2.14. The van der Waals surface area contributed by atoms with Crippen LogP contribution in [0.5, 0.6) is 0 Å². The number of aryl methyl sites for hydroxylation is 1. The maximum Gasteiger partial charge on any atom is 0.220 e. The van der Waals surface area contributed by atoms with E-state index >= 15 is 0 Å². The van der Waals surface area contributed by atoms with E-state index in [4.69, 9.17) is 5.73 Å². The summed E-state index contributed by atoms with van der Waals surface area (Å²) in [6, 6.07) is 8.36. The third-order valence-corrected chi connectivity index (χ3v) is 3.13. The van der Waals surface area contributed by atoms with Crippen molar-refractivity contribution in [1.82, 2.24) is 5.32 Å². The van der Waals surface area contributed by atoms with E-state index in [0.29, 0.717) is 13.0 Å². The average Bonchev–Trinajstić information content (AvgIpc) is 2.28. The van der Waals surface area contributed by atoms with E-state index in [0.717, 1.165) is 6.42 Å². The van der Waals surface area contributed by atoms with Gasteiger partial charge in [0.1, 0.15) is 0 Å². The lowest BCUT2D eigenvalue weighted by molar-refractivity contribution is -0.121. The van der Waals surface area contributed by atoms with Gasteiger partial charge in [0.15, 0.2) is 0 Å². The first kappa shape index (κ1) is 17.9. The van der Waals surface area contributed by atoms with Gasteiger partial charge in [0.2, 0.25) is 5.91 Å². The minimum Gasteiger partial charge on any atom is -0.356 e. The van der Waals surface area contributed by atoms with E-state index in [9.17, 15) is 4.79 Å². The summed E-state index contributed by atoms with van der Waals surface area (Å²) in [6.45, 7) is 6.78. The number of nitrogens with two attached hydrogens (primary N) is 1. The van der Waals surface area contributed by atoms with Gasteiger partial charge < -0.3 is 11.1 Å². The monoisotopic (exact) mass is 284 g/mol. The van der Waals surface area contributed by atoms with Gasteiger partial charge >= 0.3 is 0 Å². The molecule has 2 atom stereocenters. The highest BCUT2D eigenvalue weighted by molar-refractivity contribution is 5.85. The number of benzene rings is 1. The lowest BCUT2D eigenvalue weighted by Crippen LogP contribution is -2.29. The molecule has 0 saturated heterocycles. The maximum atomic E-state index is 11.8. The van der Waals surface area contributed by atoms with Crippen LogP contribution in [-0.4, -0.2) is 18.5 Å². The predicted octanol–water partition coefficient (Wildman–Crippen LogP) is 2.76. The quantitative estimate of drug-likeness (QED) is 0.844. The largest absolute Gasteiger partial charge is 0.356 e. The highest BCUT2D eigenvalue weighted by Gasteiger charge is 2.12. The number of carbonyl (C=O) groups is 1. The van der Waals surface area contributed by atoms with Crippen LogP contribution in [0.2, 0.25) is 0 Å². The van der Waals surface area contributed by atoms with Crippen molar-refractivity contribution in [3.63, 3.8) is 0 Å². The third kappa shape index (κ3) is 6.60. The Morgan fingerprint density at radius 1 is 1.32 bits per heavy atom. The molecule has 0 saturated carbocycles. The van der Waals surface area contributed by atoms with Crippen LogP contribution >= 0.6 is 12.4 Å². The average molecular weight is 285 g/mol. The molecule has 0 aromatic heterocycles. The predicted molar refractivity (Wildman–Crippen MR) is 82.7 cm³/mol. The standard InChI is InChI=1S/C15H24N2O.ClH/c1-11-6-4-5-7-14(11)12(2)10-15(18)17-9-8-13(3)16;/h4-7,12-13H,8-10,16H2,1-3H3,(H,17,18);1H. The number of carbonyl (C=O) groups excluding carboxylic acids is 1. The summed E-state index contributed by atoms with van der Waals surface area (Å²) in [7, 11) is 0. The molecule has 0 aliphatic rings. The molecule has 1 aromatic carbocycles. The van der Waals surface area contributed by atoms with Gasteiger partial charge in [-0.2, -0.15) is 0 Å². The number of rotatable bonds is 6. The van der Waals surface area contributed by atoms with E-state index in [1.807, 2.05) is 19.1 Å². The van der Waals surface area contributed by atoms with Gasteiger partial charge in [-0.15, -0.1) is 12.4 Å². The van der Waals surface area contributed by atoms with Crippen molar-refractivity contribution in [3.05, 3.63) is 35.4 Å². The van der Waals surface area contributed by atoms with Crippen molar-refractivity contribution in [2.24, 2.45) is 5.73 Å². The fourth-order valence-corrected chi connectivity index (χ4v) is 2.04. The molecule has 108 valence electrons. The van der Waals surface area contributed by atoms with Gasteiger partial charge in [-0.25, -0.2) is 0 Å². The number of nitrogens with one attached hydrogen (secondary N) is 1. The van der Waals surface area contributed by atoms with Crippen molar-refractivity contribution in [1.29, 1.82) is 0 Å². The maximum absolute atomic E-state index is 11.8. The smallest absolute Gasteiger partial charge is 0.220 e. The molecular weight excluding hydrogens is 260 g/mol. The molecule has 1 aromatic rings. The van der Waals surface area contributed by atoms with E-state index < -0.39 is 0 Å². The molecule has 19 heavy (non-hydrogen) atoms. The summed E-state index contributed by atoms with van der Waals surface area (Å²) in [5.74, 6) is 0.355. The molecule has 1 rings (SSSR count). The summed E-state index contributed by atoms with van der Waals surface area (Å²) in [4.78, 5) is 11.8. The molecule has 3 nitrogen and oxygen atoms in total. The first-order chi connectivity index (χ1) is 8.50. The van der Waals surface area contributed by atoms with E-state index in [-0.39, 0.29) is 30.3 Å². The molecule has 3 N–H and O–H groups in total. The van der Waals surface area contributed by atoms with Crippen LogP contribution in [0.25, 0.3) is 0 Å². The molecule has 0 bridgehead atoms. The van der Waals surface area contributed by atoms with Crippen LogP contribution in [0.3, 0.4) is 0 Å². The van der Waals surface area contributed by atoms with Crippen molar-refractivity contribution in [3.8, 4) is 0 Å². The molecule has 0 heterocycles. The number of amides is 1. The summed E-state index contributed by atoms with van der Waals surface area (Å²) in [6.07, 6.45) is 1.36. The SMILES string of the molecule is Cc1ccccc1C(C)CC(=O)NCCC(C)N.Cl. The van der Waals surface area contributed by atoms with Crippen LogP contribution in [0, 0.1) is 6.92 Å². The Bertz CT molecular complexity index is 393. The minimum atomic E-state index is 0. The first-order valence-electron chi connectivity index (χ1n) is 6.58. The molecule has 0 fully saturated rings. The zero-order valence-electron chi connectivity index (χ0n) is 12.0. The molecular formula is C15H25ClN2O. The summed E-state index contributed by atoms with van der Waals surface area (Å²) < 4.78 is 0. The van der Waals surface area contributed by atoms with Crippen molar-refractivity contribution < 1.29 is 4.79 Å². The highest BCUT2D eigenvalue weighted by atomic mass is 35.5. The van der Waals surface area contributed by atoms with Gasteiger partial charge in [-0.3, -0.25) is 4.79 Å². The van der Waals surface area contributed by atoms with Gasteiger partial charge in [0.05, 0.1) is 0 Å². The fourth-order valence-electron chi connectivity index (χ4n) is 2.04. The Hall–Kier alpha value is -1.06. The summed E-state index contributed by atoms with van der Waals surface area (Å²) >= 11 is 0. The van der Waals surface area contributed by atoms with Crippen LogP contribution in [0.4, 0.5) is 0 Å². The van der Waals surface area contributed by atoms with E-state index in [1.165, 1.54) is 11.1 Å². The molecule has 1 amide bonds. The van der Waals surface area contributed by atoms with Crippen molar-refractivity contribution >= 4 is 18.3 Å². The van der Waals surface area contributed by atoms with Crippen molar-refractivity contribution in [2.75, 3.05) is 6.54 Å². The van der Waals surface area contributed by atoms with Crippen LogP contribution < -0.4 is 11.1 Å².